The molecule has 1 unspecified atom stereocenters. The molecular formula is C24H36IN5O2. The first kappa shape index (κ1) is 25.0. The van der Waals surface area contributed by atoms with Gasteiger partial charge in [-0.15, -0.1) is 24.0 Å². The number of hydrogen-bond acceptors (Lipinski definition) is 5. The Morgan fingerprint density at radius 3 is 2.34 bits per heavy atom. The quantitative estimate of drug-likeness (QED) is 0.338. The average Bonchev–Trinajstić information content (AvgIpc) is 3.25. The number of hydrogen-bond donors (Lipinski definition) is 1. The molecule has 32 heavy (non-hydrogen) atoms. The number of morpholine rings is 1. The number of benzene rings is 1. The Kier molecular flexibility index (Phi) is 9.83. The maximum atomic E-state index is 6.00. The van der Waals surface area contributed by atoms with E-state index in [1.807, 2.05) is 20.0 Å². The molecule has 8 heteroatoms. The summed E-state index contributed by atoms with van der Waals surface area (Å²) >= 11 is 0. The van der Waals surface area contributed by atoms with E-state index in [1.165, 1.54) is 5.56 Å². The van der Waals surface area contributed by atoms with Crippen molar-refractivity contribution < 1.29 is 9.15 Å². The molecular weight excluding hydrogens is 517 g/mol. The van der Waals surface area contributed by atoms with Crippen LogP contribution in [-0.2, 0) is 11.3 Å². The van der Waals surface area contributed by atoms with Crippen molar-refractivity contribution >= 4 is 29.9 Å². The van der Waals surface area contributed by atoms with Crippen LogP contribution >= 0.6 is 24.0 Å². The Bertz CT molecular complexity index is 830. The normalized spacial score (nSPS) is 19.4. The first-order chi connectivity index (χ1) is 15.2. The topological polar surface area (TPSA) is 56.5 Å². The molecule has 1 aromatic carbocycles. The van der Waals surface area contributed by atoms with Gasteiger partial charge >= 0.3 is 0 Å². The number of ether oxygens (including phenoxy) is 1. The molecule has 7 nitrogen and oxygen atoms in total. The monoisotopic (exact) mass is 553 g/mol. The molecule has 3 heterocycles. The summed E-state index contributed by atoms with van der Waals surface area (Å²) < 4.78 is 11.6. The zero-order valence-electron chi connectivity index (χ0n) is 19.2. The maximum absolute atomic E-state index is 6.00. The van der Waals surface area contributed by atoms with E-state index in [4.69, 9.17) is 9.15 Å². The summed E-state index contributed by atoms with van der Waals surface area (Å²) in [6, 6.07) is 15.0. The number of nitrogens with zero attached hydrogens (tertiary/aromatic N) is 4. The van der Waals surface area contributed by atoms with Crippen molar-refractivity contribution in [2.45, 2.75) is 19.5 Å². The fourth-order valence-electron chi connectivity index (χ4n) is 4.41. The van der Waals surface area contributed by atoms with E-state index in [0.29, 0.717) is 0 Å². The molecule has 0 aliphatic carbocycles. The molecule has 0 spiro atoms. The average molecular weight is 553 g/mol. The number of aliphatic imine (C=N–C) groups is 1. The van der Waals surface area contributed by atoms with Crippen LogP contribution in [0.4, 0.5) is 0 Å². The second-order valence-corrected chi connectivity index (χ2v) is 8.29. The Morgan fingerprint density at radius 2 is 1.72 bits per heavy atom. The lowest BCUT2D eigenvalue weighted by atomic mass is 10.1. The van der Waals surface area contributed by atoms with Crippen LogP contribution in [0.15, 0.2) is 51.9 Å². The smallest absolute Gasteiger partial charge is 0.193 e. The summed E-state index contributed by atoms with van der Waals surface area (Å²) in [7, 11) is 1.87. The lowest BCUT2D eigenvalue weighted by Gasteiger charge is -2.38. The second-order valence-electron chi connectivity index (χ2n) is 8.29. The summed E-state index contributed by atoms with van der Waals surface area (Å²) in [4.78, 5) is 11.9. The van der Waals surface area contributed by atoms with Gasteiger partial charge in [0, 0.05) is 59.4 Å². The third-order valence-corrected chi connectivity index (χ3v) is 6.16. The minimum atomic E-state index is 0. The zero-order chi connectivity index (χ0) is 21.5. The van der Waals surface area contributed by atoms with E-state index >= 15 is 0 Å². The molecule has 0 amide bonds. The maximum Gasteiger partial charge on any atom is 0.193 e. The SMILES string of the molecule is CN=C(NCC(c1ccc(C)o1)N1CCOCC1)N1CCN(Cc2ccccc2)CC1.I. The predicted molar refractivity (Wildman–Crippen MR) is 139 cm³/mol. The Balaban J connectivity index is 0.00000289. The molecule has 2 aliphatic rings. The molecule has 0 radical (unpaired) electrons. The van der Waals surface area contributed by atoms with Gasteiger partial charge in [0.15, 0.2) is 5.96 Å². The van der Waals surface area contributed by atoms with Crippen molar-refractivity contribution in [1.29, 1.82) is 0 Å². The van der Waals surface area contributed by atoms with Crippen LogP contribution in [-0.4, -0.2) is 86.7 Å². The highest BCUT2D eigenvalue weighted by atomic mass is 127. The number of aryl methyl sites for hydroxylation is 1. The van der Waals surface area contributed by atoms with Gasteiger partial charge in [0.05, 0.1) is 19.3 Å². The van der Waals surface area contributed by atoms with Crippen LogP contribution in [0.2, 0.25) is 0 Å². The van der Waals surface area contributed by atoms with Gasteiger partial charge in [0.2, 0.25) is 0 Å². The van der Waals surface area contributed by atoms with Crippen molar-refractivity contribution in [1.82, 2.24) is 20.0 Å². The molecule has 1 atom stereocenters. The number of piperazine rings is 1. The van der Waals surface area contributed by atoms with E-state index < -0.39 is 0 Å². The fraction of sp³-hybridized carbons (Fsp3) is 0.542. The fourth-order valence-corrected chi connectivity index (χ4v) is 4.41. The zero-order valence-corrected chi connectivity index (χ0v) is 21.5. The van der Waals surface area contributed by atoms with Crippen molar-refractivity contribution in [3.63, 3.8) is 0 Å². The van der Waals surface area contributed by atoms with Gasteiger partial charge < -0.3 is 19.4 Å². The second kappa shape index (κ2) is 12.6. The van der Waals surface area contributed by atoms with E-state index in [-0.39, 0.29) is 30.0 Å². The van der Waals surface area contributed by atoms with Gasteiger partial charge in [-0.3, -0.25) is 14.8 Å². The standard InChI is InChI=1S/C24H35N5O2.HI/c1-20-8-9-23(31-20)22(28-14-16-30-17-15-28)18-26-24(25-2)29-12-10-27(11-13-29)19-21-6-4-3-5-7-21;/h3-9,22H,10-19H2,1-2H3,(H,25,26);1H. The third-order valence-electron chi connectivity index (χ3n) is 6.16. The predicted octanol–water partition coefficient (Wildman–Crippen LogP) is 2.97. The molecule has 0 saturated carbocycles. The van der Waals surface area contributed by atoms with Crippen molar-refractivity contribution in [2.75, 3.05) is 66.1 Å². The summed E-state index contributed by atoms with van der Waals surface area (Å²) in [6.45, 7) is 11.2. The molecule has 4 rings (SSSR count). The van der Waals surface area contributed by atoms with Crippen LogP contribution in [0.3, 0.4) is 0 Å². The van der Waals surface area contributed by atoms with E-state index in [9.17, 15) is 0 Å². The van der Waals surface area contributed by atoms with Gasteiger partial charge in [-0.25, -0.2) is 0 Å². The Labute approximate surface area is 208 Å². The van der Waals surface area contributed by atoms with Crippen LogP contribution in [0.1, 0.15) is 23.1 Å². The van der Waals surface area contributed by atoms with Crippen molar-refractivity contribution in [2.24, 2.45) is 4.99 Å². The molecule has 2 aliphatic heterocycles. The lowest BCUT2D eigenvalue weighted by molar-refractivity contribution is 0.0123. The van der Waals surface area contributed by atoms with Gasteiger partial charge in [-0.1, -0.05) is 30.3 Å². The van der Waals surface area contributed by atoms with Gasteiger partial charge in [0.25, 0.3) is 0 Å². The molecule has 1 N–H and O–H groups in total. The first-order valence-electron chi connectivity index (χ1n) is 11.3. The largest absolute Gasteiger partial charge is 0.465 e. The summed E-state index contributed by atoms with van der Waals surface area (Å²) in [6.07, 6.45) is 0. The summed E-state index contributed by atoms with van der Waals surface area (Å²) in [5.74, 6) is 2.93. The Morgan fingerprint density at radius 1 is 1.00 bits per heavy atom. The number of guanidine groups is 1. The first-order valence-corrected chi connectivity index (χ1v) is 11.3. The van der Waals surface area contributed by atoms with E-state index in [0.717, 1.165) is 83.1 Å². The molecule has 0 bridgehead atoms. The van der Waals surface area contributed by atoms with E-state index in [2.05, 4.69) is 61.4 Å². The van der Waals surface area contributed by atoms with Crippen molar-refractivity contribution in [3.8, 4) is 0 Å². The van der Waals surface area contributed by atoms with Gasteiger partial charge in [-0.2, -0.15) is 0 Å². The minimum absolute atomic E-state index is 0. The van der Waals surface area contributed by atoms with Crippen LogP contribution in [0, 0.1) is 6.92 Å². The molecule has 2 fully saturated rings. The highest BCUT2D eigenvalue weighted by molar-refractivity contribution is 14.0. The molecule has 2 aromatic rings. The molecule has 176 valence electrons. The number of nitrogens with one attached hydrogen (secondary N) is 1. The molecule has 1 aromatic heterocycles. The number of rotatable bonds is 6. The summed E-state index contributed by atoms with van der Waals surface area (Å²) in [5.41, 5.74) is 1.38. The van der Waals surface area contributed by atoms with Gasteiger partial charge in [-0.05, 0) is 24.6 Å². The Hall–Kier alpha value is -1.62. The number of furan rings is 1. The van der Waals surface area contributed by atoms with Crippen LogP contribution in [0.25, 0.3) is 0 Å². The summed E-state index contributed by atoms with van der Waals surface area (Å²) in [5, 5.41) is 3.62. The minimum Gasteiger partial charge on any atom is -0.465 e. The van der Waals surface area contributed by atoms with E-state index in [1.54, 1.807) is 0 Å². The highest BCUT2D eigenvalue weighted by Crippen LogP contribution is 2.23. The lowest BCUT2D eigenvalue weighted by Crippen LogP contribution is -2.53. The third kappa shape index (κ3) is 6.69. The van der Waals surface area contributed by atoms with Crippen molar-refractivity contribution in [3.05, 3.63) is 59.5 Å². The van der Waals surface area contributed by atoms with Crippen LogP contribution < -0.4 is 5.32 Å². The number of halogens is 1. The van der Waals surface area contributed by atoms with Gasteiger partial charge in [0.1, 0.15) is 11.5 Å². The highest BCUT2D eigenvalue weighted by Gasteiger charge is 2.27. The molecule has 2 saturated heterocycles. The van der Waals surface area contributed by atoms with Crippen LogP contribution in [0.5, 0.6) is 0 Å².